The number of alkyl halides is 1. The summed E-state index contributed by atoms with van der Waals surface area (Å²) in [6.07, 6.45) is 0. The van der Waals surface area contributed by atoms with E-state index in [4.69, 9.17) is 16.3 Å². The summed E-state index contributed by atoms with van der Waals surface area (Å²) < 4.78 is 5.42. The Hall–Kier alpha value is -0.990. The Labute approximate surface area is 127 Å². The normalized spacial score (nSPS) is 12.3. The predicted octanol–water partition coefficient (Wildman–Crippen LogP) is 5.45. The molecule has 1 unspecified atom stereocenters. The molecular weight excluding hydrogens is 324 g/mol. The molecule has 0 aliphatic heterocycles. The third-order valence-corrected chi connectivity index (χ3v) is 4.38. The maximum Gasteiger partial charge on any atom is 0.123 e. The molecule has 19 heavy (non-hydrogen) atoms. The summed E-state index contributed by atoms with van der Waals surface area (Å²) in [5, 5.41) is 0.713. The van der Waals surface area contributed by atoms with Crippen LogP contribution in [-0.4, -0.2) is 7.11 Å². The maximum absolute atomic E-state index is 6.09. The van der Waals surface area contributed by atoms with Crippen molar-refractivity contribution in [2.24, 2.45) is 0 Å². The fourth-order valence-corrected chi connectivity index (χ4v) is 3.23. The Bertz CT molecular complexity index is 595. The largest absolute Gasteiger partial charge is 0.496 e. The highest BCUT2D eigenvalue weighted by molar-refractivity contribution is 9.09. The molecular formula is C16H16BrClO. The molecule has 100 valence electrons. The first-order chi connectivity index (χ1) is 9.02. The zero-order valence-corrected chi connectivity index (χ0v) is 13.5. The zero-order chi connectivity index (χ0) is 14.0. The van der Waals surface area contributed by atoms with E-state index >= 15 is 0 Å². The average Bonchev–Trinajstić information content (AvgIpc) is 2.38. The van der Waals surface area contributed by atoms with Crippen LogP contribution in [0, 0.1) is 13.8 Å². The van der Waals surface area contributed by atoms with Crippen molar-refractivity contribution >= 4 is 27.5 Å². The molecule has 1 atom stereocenters. The van der Waals surface area contributed by atoms with Crippen LogP contribution in [0.1, 0.15) is 27.1 Å². The number of methoxy groups -OCH3 is 1. The zero-order valence-electron chi connectivity index (χ0n) is 11.2. The number of benzene rings is 2. The molecule has 0 spiro atoms. The van der Waals surface area contributed by atoms with Crippen molar-refractivity contribution in [3.05, 3.63) is 63.7 Å². The minimum Gasteiger partial charge on any atom is -0.496 e. The summed E-state index contributed by atoms with van der Waals surface area (Å²) in [6, 6.07) is 12.1. The SMILES string of the molecule is COc1ccc(Cl)cc1C(Br)c1ccc(C)cc1C. The van der Waals surface area contributed by atoms with Gasteiger partial charge in [-0.2, -0.15) is 0 Å². The van der Waals surface area contributed by atoms with Gasteiger partial charge in [-0.3, -0.25) is 0 Å². The molecule has 0 saturated carbocycles. The molecule has 2 aromatic carbocycles. The minimum absolute atomic E-state index is 0.0711. The highest BCUT2D eigenvalue weighted by atomic mass is 79.9. The standard InChI is InChI=1S/C16H16BrClO/c1-10-4-6-13(11(2)8-10)16(17)14-9-12(18)5-7-15(14)19-3/h4-9,16H,1-3H3. The fourth-order valence-electron chi connectivity index (χ4n) is 2.18. The van der Waals surface area contributed by atoms with E-state index in [0.717, 1.165) is 11.3 Å². The molecule has 0 radical (unpaired) electrons. The summed E-state index contributed by atoms with van der Waals surface area (Å²) in [5.41, 5.74) is 4.79. The molecule has 3 heteroatoms. The lowest BCUT2D eigenvalue weighted by Crippen LogP contribution is -1.99. The van der Waals surface area contributed by atoms with Crippen molar-refractivity contribution in [1.82, 2.24) is 0 Å². The van der Waals surface area contributed by atoms with Gasteiger partial charge in [0.25, 0.3) is 0 Å². The highest BCUT2D eigenvalue weighted by Crippen LogP contribution is 2.39. The van der Waals surface area contributed by atoms with Gasteiger partial charge in [-0.15, -0.1) is 0 Å². The van der Waals surface area contributed by atoms with Gasteiger partial charge in [0, 0.05) is 10.6 Å². The molecule has 0 saturated heterocycles. The van der Waals surface area contributed by atoms with E-state index in [9.17, 15) is 0 Å². The molecule has 2 rings (SSSR count). The number of aryl methyl sites for hydroxylation is 2. The first kappa shape index (κ1) is 14.4. The average molecular weight is 340 g/mol. The van der Waals surface area contributed by atoms with Gasteiger partial charge >= 0.3 is 0 Å². The maximum atomic E-state index is 6.09. The molecule has 0 aliphatic rings. The van der Waals surface area contributed by atoms with Gasteiger partial charge in [0.2, 0.25) is 0 Å². The molecule has 0 amide bonds. The van der Waals surface area contributed by atoms with Crippen LogP contribution in [-0.2, 0) is 0 Å². The van der Waals surface area contributed by atoms with Crippen LogP contribution in [0.5, 0.6) is 5.75 Å². The molecule has 0 bridgehead atoms. The third kappa shape index (κ3) is 3.13. The lowest BCUT2D eigenvalue weighted by molar-refractivity contribution is 0.410. The summed E-state index contributed by atoms with van der Waals surface area (Å²) in [6.45, 7) is 4.22. The summed E-state index contributed by atoms with van der Waals surface area (Å²) in [4.78, 5) is 0.0711. The van der Waals surface area contributed by atoms with Gasteiger partial charge in [-0.25, -0.2) is 0 Å². The van der Waals surface area contributed by atoms with Crippen molar-refractivity contribution in [3.8, 4) is 5.75 Å². The van der Waals surface area contributed by atoms with E-state index in [0.29, 0.717) is 5.02 Å². The van der Waals surface area contributed by atoms with E-state index < -0.39 is 0 Å². The van der Waals surface area contributed by atoms with Crippen LogP contribution < -0.4 is 4.74 Å². The van der Waals surface area contributed by atoms with Gasteiger partial charge in [-0.05, 0) is 43.2 Å². The van der Waals surface area contributed by atoms with Gasteiger partial charge < -0.3 is 4.74 Å². The number of hydrogen-bond acceptors (Lipinski definition) is 1. The van der Waals surface area contributed by atoms with Gasteiger partial charge in [0.05, 0.1) is 11.9 Å². The molecule has 0 heterocycles. The minimum atomic E-state index is 0.0711. The Morgan fingerprint density at radius 2 is 1.79 bits per heavy atom. The second kappa shape index (κ2) is 5.98. The first-order valence-electron chi connectivity index (χ1n) is 6.07. The summed E-state index contributed by atoms with van der Waals surface area (Å²) in [7, 11) is 1.68. The monoisotopic (exact) mass is 338 g/mol. The third-order valence-electron chi connectivity index (χ3n) is 3.16. The van der Waals surface area contributed by atoms with Gasteiger partial charge in [0.1, 0.15) is 5.75 Å². The van der Waals surface area contributed by atoms with E-state index in [1.165, 1.54) is 16.7 Å². The second-order valence-corrected chi connectivity index (χ2v) is 5.96. The quantitative estimate of drug-likeness (QED) is 0.676. The summed E-state index contributed by atoms with van der Waals surface area (Å²) >= 11 is 9.85. The number of rotatable bonds is 3. The molecule has 1 nitrogen and oxygen atoms in total. The van der Waals surface area contributed by atoms with Crippen molar-refractivity contribution < 1.29 is 4.74 Å². The predicted molar refractivity (Wildman–Crippen MR) is 84.7 cm³/mol. The van der Waals surface area contributed by atoms with Crippen LogP contribution in [0.3, 0.4) is 0 Å². The van der Waals surface area contributed by atoms with Crippen LogP contribution in [0.2, 0.25) is 5.02 Å². The summed E-state index contributed by atoms with van der Waals surface area (Å²) in [5.74, 6) is 0.839. The molecule has 2 aromatic rings. The van der Waals surface area contributed by atoms with E-state index in [2.05, 4.69) is 48.0 Å². The Kier molecular flexibility index (Phi) is 4.54. The van der Waals surface area contributed by atoms with Crippen molar-refractivity contribution in [2.75, 3.05) is 7.11 Å². The van der Waals surface area contributed by atoms with E-state index in [1.54, 1.807) is 7.11 Å². The van der Waals surface area contributed by atoms with Crippen molar-refractivity contribution in [3.63, 3.8) is 0 Å². The van der Waals surface area contributed by atoms with E-state index in [1.807, 2.05) is 18.2 Å². The molecule has 0 aromatic heterocycles. The molecule has 0 N–H and O–H groups in total. The smallest absolute Gasteiger partial charge is 0.123 e. The number of hydrogen-bond donors (Lipinski definition) is 0. The van der Waals surface area contributed by atoms with Crippen molar-refractivity contribution in [2.45, 2.75) is 18.7 Å². The Morgan fingerprint density at radius 1 is 1.05 bits per heavy atom. The number of ether oxygens (including phenoxy) is 1. The van der Waals surface area contributed by atoms with Gasteiger partial charge in [0.15, 0.2) is 0 Å². The molecule has 0 fully saturated rings. The van der Waals surface area contributed by atoms with Crippen molar-refractivity contribution in [1.29, 1.82) is 0 Å². The molecule has 0 aliphatic carbocycles. The lowest BCUT2D eigenvalue weighted by atomic mass is 9.98. The van der Waals surface area contributed by atoms with Crippen LogP contribution in [0.4, 0.5) is 0 Å². The second-order valence-electron chi connectivity index (χ2n) is 4.61. The Morgan fingerprint density at radius 3 is 2.42 bits per heavy atom. The fraction of sp³-hybridized carbons (Fsp3) is 0.250. The number of halogens is 2. The van der Waals surface area contributed by atoms with Crippen LogP contribution in [0.15, 0.2) is 36.4 Å². The van der Waals surface area contributed by atoms with Gasteiger partial charge in [-0.1, -0.05) is 51.3 Å². The van der Waals surface area contributed by atoms with Crippen LogP contribution in [0.25, 0.3) is 0 Å². The van der Waals surface area contributed by atoms with E-state index in [-0.39, 0.29) is 4.83 Å². The van der Waals surface area contributed by atoms with Crippen LogP contribution >= 0.6 is 27.5 Å². The lowest BCUT2D eigenvalue weighted by Gasteiger charge is -2.17. The first-order valence-corrected chi connectivity index (χ1v) is 7.37. The Balaban J connectivity index is 2.49. The highest BCUT2D eigenvalue weighted by Gasteiger charge is 2.17. The topological polar surface area (TPSA) is 9.23 Å².